The summed E-state index contributed by atoms with van der Waals surface area (Å²) in [5, 5.41) is 10.8. The number of para-hydroxylation sites is 4. The van der Waals surface area contributed by atoms with Gasteiger partial charge >= 0.3 is 0 Å². The number of hydrogen-bond donors (Lipinski definition) is 0. The van der Waals surface area contributed by atoms with Crippen molar-refractivity contribution < 1.29 is 0 Å². The summed E-state index contributed by atoms with van der Waals surface area (Å²) in [6.07, 6.45) is 12.9. The van der Waals surface area contributed by atoms with Crippen LogP contribution in [0.1, 0.15) is 87.2 Å². The zero-order valence-electron chi connectivity index (χ0n) is 39.5. The lowest BCUT2D eigenvalue weighted by molar-refractivity contribution is 0.445. The van der Waals surface area contributed by atoms with E-state index in [4.69, 9.17) is 0 Å². The number of hydrogen-bond acceptors (Lipinski definition) is 2. The quantitative estimate of drug-likeness (QED) is 0.151. The molecule has 4 nitrogen and oxygen atoms in total. The molecule has 2 saturated carbocycles. The Morgan fingerprint density at radius 3 is 1.01 bits per heavy atom. The lowest BCUT2D eigenvalue weighted by atomic mass is 9.82. The molecule has 2 fully saturated rings. The van der Waals surface area contributed by atoms with Gasteiger partial charge in [0.15, 0.2) is 0 Å². The molecule has 4 aromatic heterocycles. The van der Waals surface area contributed by atoms with Crippen LogP contribution in [-0.2, 0) is 0 Å². The summed E-state index contributed by atoms with van der Waals surface area (Å²) in [5.41, 5.74) is 18.0. The minimum absolute atomic E-state index is 0.546. The second kappa shape index (κ2) is 15.9. The van der Waals surface area contributed by atoms with Crippen molar-refractivity contribution in [2.24, 2.45) is 0 Å². The Bertz CT molecular complexity index is 3720. The summed E-state index contributed by atoms with van der Waals surface area (Å²) in [5.74, 6) is 1.09. The molecule has 0 unspecified atom stereocenters. The normalized spacial score (nSPS) is 15.3. The highest BCUT2D eigenvalue weighted by Gasteiger charge is 2.31. The highest BCUT2D eigenvalue weighted by molar-refractivity contribution is 6.32. The first kappa shape index (κ1) is 40.1. The fraction of sp³-hybridized carbons (Fsp3) is 0.182. The number of nitrogens with zero attached hydrogens (tertiary/aromatic N) is 4. The Morgan fingerprint density at radius 1 is 0.300 bits per heavy atom. The van der Waals surface area contributed by atoms with Crippen LogP contribution in [0.3, 0.4) is 0 Å². The number of benzene rings is 9. The van der Waals surface area contributed by atoms with Gasteiger partial charge in [0.1, 0.15) is 0 Å². The molecule has 70 heavy (non-hydrogen) atoms. The van der Waals surface area contributed by atoms with Crippen molar-refractivity contribution in [3.05, 3.63) is 205 Å². The lowest BCUT2D eigenvalue weighted by Crippen LogP contribution is -2.10. The average Bonchev–Trinajstić information content (AvgIpc) is 4.17. The van der Waals surface area contributed by atoms with E-state index in [2.05, 4.69) is 213 Å². The van der Waals surface area contributed by atoms with Gasteiger partial charge in [0.05, 0.1) is 44.5 Å². The summed E-state index contributed by atoms with van der Waals surface area (Å²) < 4.78 is 5.31. The van der Waals surface area contributed by atoms with E-state index in [-0.39, 0.29) is 0 Å². The van der Waals surface area contributed by atoms with Crippen molar-refractivity contribution in [1.29, 1.82) is 0 Å². The van der Waals surface area contributed by atoms with E-state index >= 15 is 0 Å². The third-order valence-electron chi connectivity index (χ3n) is 16.7. The van der Waals surface area contributed by atoms with Gasteiger partial charge in [-0.25, -0.2) is 0 Å². The Morgan fingerprint density at radius 2 is 0.657 bits per heavy atom. The molecule has 2 aliphatic rings. The zero-order valence-corrected chi connectivity index (χ0v) is 39.5. The largest absolute Gasteiger partial charge is 0.310 e. The number of rotatable bonds is 8. The predicted molar refractivity (Wildman–Crippen MR) is 297 cm³/mol. The molecule has 4 heterocycles. The molecule has 4 heteroatoms. The molecular weight excluding hydrogens is 849 g/mol. The van der Waals surface area contributed by atoms with Crippen molar-refractivity contribution in [2.75, 3.05) is 9.80 Å². The van der Waals surface area contributed by atoms with Crippen LogP contribution in [-0.4, -0.2) is 8.80 Å². The van der Waals surface area contributed by atoms with Crippen LogP contribution >= 0.6 is 0 Å². The fourth-order valence-corrected chi connectivity index (χ4v) is 13.7. The van der Waals surface area contributed by atoms with E-state index in [9.17, 15) is 0 Å². The summed E-state index contributed by atoms with van der Waals surface area (Å²) in [4.78, 5) is 5.00. The lowest BCUT2D eigenvalue weighted by Gasteiger charge is -2.27. The topological polar surface area (TPSA) is 15.3 Å². The van der Waals surface area contributed by atoms with Gasteiger partial charge in [-0.2, -0.15) is 0 Å². The molecule has 0 atom stereocenters. The first-order valence-electron chi connectivity index (χ1n) is 26.0. The Balaban J connectivity index is 1.07. The summed E-state index contributed by atoms with van der Waals surface area (Å²) in [6, 6.07) is 73.3. The van der Waals surface area contributed by atoms with E-state index in [1.165, 1.54) is 186 Å². The zero-order chi connectivity index (χ0) is 45.9. The van der Waals surface area contributed by atoms with Crippen molar-refractivity contribution in [1.82, 2.24) is 8.80 Å². The van der Waals surface area contributed by atoms with Crippen molar-refractivity contribution in [2.45, 2.75) is 76.0 Å². The van der Waals surface area contributed by atoms with Crippen LogP contribution in [0.2, 0.25) is 0 Å². The Labute approximate surface area is 408 Å². The van der Waals surface area contributed by atoms with Crippen molar-refractivity contribution in [3.63, 3.8) is 0 Å². The molecule has 0 aliphatic heterocycles. The highest BCUT2D eigenvalue weighted by Crippen LogP contribution is 2.54. The molecule has 13 aromatic rings. The van der Waals surface area contributed by atoms with Gasteiger partial charge < -0.3 is 18.6 Å². The van der Waals surface area contributed by atoms with Crippen molar-refractivity contribution in [3.8, 4) is 0 Å². The second-order valence-corrected chi connectivity index (χ2v) is 20.4. The van der Waals surface area contributed by atoms with Crippen LogP contribution in [0.25, 0.3) is 76.2 Å². The summed E-state index contributed by atoms with van der Waals surface area (Å²) in [6.45, 7) is 0. The highest BCUT2D eigenvalue weighted by atomic mass is 15.2. The van der Waals surface area contributed by atoms with Crippen LogP contribution in [0, 0.1) is 0 Å². The number of anilines is 6. The SMILES string of the molecule is c1ccc(N(c2ccccc2)c2ccc3c4cc5c(cc4n4c6cccc(C7CCCCC7)c6c2c34)c2ccc(N(c3ccccc3)c3ccccc3)c3c4c(C6CCCCC6)cccc4n5c23)cc1. The van der Waals surface area contributed by atoms with Gasteiger partial charge in [-0.15, -0.1) is 0 Å². The smallest absolute Gasteiger partial charge is 0.0641 e. The molecule has 0 radical (unpaired) electrons. The Hall–Kier alpha value is -7.82. The van der Waals surface area contributed by atoms with Crippen LogP contribution in [0.15, 0.2) is 194 Å². The van der Waals surface area contributed by atoms with E-state index in [1.54, 1.807) is 0 Å². The minimum atomic E-state index is 0.546. The third kappa shape index (κ3) is 5.83. The molecule has 0 spiro atoms. The first-order valence-corrected chi connectivity index (χ1v) is 26.0. The summed E-state index contributed by atoms with van der Waals surface area (Å²) in [7, 11) is 0. The van der Waals surface area contributed by atoms with Gasteiger partial charge in [-0.1, -0.05) is 148 Å². The molecule has 0 bridgehead atoms. The van der Waals surface area contributed by atoms with Gasteiger partial charge in [0, 0.05) is 65.8 Å². The van der Waals surface area contributed by atoms with Gasteiger partial charge in [-0.05, 0) is 134 Å². The molecule has 338 valence electrons. The Kier molecular flexibility index (Phi) is 9.09. The monoisotopic (exact) mass is 902 g/mol. The molecule has 9 aromatic carbocycles. The van der Waals surface area contributed by atoms with Crippen LogP contribution in [0.4, 0.5) is 34.1 Å². The average molecular weight is 903 g/mol. The van der Waals surface area contributed by atoms with Crippen LogP contribution in [0.5, 0.6) is 0 Å². The second-order valence-electron chi connectivity index (χ2n) is 20.4. The molecule has 0 N–H and O–H groups in total. The van der Waals surface area contributed by atoms with E-state index in [0.29, 0.717) is 11.8 Å². The molecule has 15 rings (SSSR count). The first-order chi connectivity index (χ1) is 34.8. The molecule has 0 amide bonds. The molecule has 0 saturated heterocycles. The maximum Gasteiger partial charge on any atom is 0.0641 e. The van der Waals surface area contributed by atoms with Gasteiger partial charge in [0.25, 0.3) is 0 Å². The van der Waals surface area contributed by atoms with Crippen LogP contribution < -0.4 is 9.80 Å². The predicted octanol–water partition coefficient (Wildman–Crippen LogP) is 19.0. The maximum absolute atomic E-state index is 2.66. The van der Waals surface area contributed by atoms with E-state index in [0.717, 1.165) is 0 Å². The van der Waals surface area contributed by atoms with E-state index in [1.807, 2.05) is 0 Å². The van der Waals surface area contributed by atoms with Gasteiger partial charge in [-0.3, -0.25) is 0 Å². The fourth-order valence-electron chi connectivity index (χ4n) is 13.7. The standard InChI is InChI=1S/C66H54N4/c1-7-21-43(22-8-1)49-33-19-35-55-61(49)63-57(67(45-25-11-3-12-26-45)46-27-13-4-14-28-46)39-37-51-53-42-60-54(41-59(53)69(55)65(51)63)52-38-40-58(68(47-29-15-5-16-30-47)48-31-17-6-18-32-48)64-62-50(44-23-9-2-10-24-44)34-20-36-56(62)70(60)66(52)64/h3-6,11-20,25-44H,1-2,7-10,21-24H2. The maximum atomic E-state index is 2.66. The number of aromatic nitrogens is 2. The van der Waals surface area contributed by atoms with Gasteiger partial charge in [0.2, 0.25) is 0 Å². The van der Waals surface area contributed by atoms with E-state index < -0.39 is 0 Å². The molecule has 2 aliphatic carbocycles. The minimum Gasteiger partial charge on any atom is -0.310 e. The molecular formula is C66H54N4. The summed E-state index contributed by atoms with van der Waals surface area (Å²) >= 11 is 0. The van der Waals surface area contributed by atoms with Crippen molar-refractivity contribution >= 4 is 110 Å². The number of fused-ring (bicyclic) bond motifs is 12. The third-order valence-corrected chi connectivity index (χ3v) is 16.7.